The molecular formula is C13H27N5O. The van der Waals surface area contributed by atoms with Crippen LogP contribution < -0.4 is 5.73 Å². The zero-order valence-electron chi connectivity index (χ0n) is 12.4. The molecule has 1 aromatic heterocycles. The molecule has 0 radical (unpaired) electrons. The Balaban J connectivity index is 2.58. The molecule has 2 N–H and O–H groups in total. The van der Waals surface area contributed by atoms with Crippen LogP contribution in [0.3, 0.4) is 0 Å². The number of ether oxygens (including phenoxy) is 1. The molecule has 0 saturated heterocycles. The standard InChI is InChI=1S/C13H27N5O/c1-12(2)9-18-13(15-11-16-18)10-17(6-4-5-14)7-8-19-3/h11-12H,4-10,14H2,1-3H3. The maximum Gasteiger partial charge on any atom is 0.141 e. The maximum absolute atomic E-state index is 5.58. The van der Waals surface area contributed by atoms with E-state index < -0.39 is 0 Å². The van der Waals surface area contributed by atoms with Crippen molar-refractivity contribution in [3.05, 3.63) is 12.2 Å². The van der Waals surface area contributed by atoms with E-state index in [-0.39, 0.29) is 0 Å². The summed E-state index contributed by atoms with van der Waals surface area (Å²) in [4.78, 5) is 6.68. The van der Waals surface area contributed by atoms with Gasteiger partial charge in [0.15, 0.2) is 0 Å². The molecule has 0 amide bonds. The highest BCUT2D eigenvalue weighted by Gasteiger charge is 2.11. The summed E-state index contributed by atoms with van der Waals surface area (Å²) in [6.07, 6.45) is 2.62. The molecule has 6 nitrogen and oxygen atoms in total. The van der Waals surface area contributed by atoms with E-state index >= 15 is 0 Å². The quantitative estimate of drug-likeness (QED) is 0.678. The molecule has 0 bridgehead atoms. The lowest BCUT2D eigenvalue weighted by atomic mass is 10.2. The number of rotatable bonds is 10. The third kappa shape index (κ3) is 6.13. The van der Waals surface area contributed by atoms with Gasteiger partial charge in [-0.2, -0.15) is 5.10 Å². The highest BCUT2D eigenvalue weighted by molar-refractivity contribution is 4.85. The number of hydrogen-bond acceptors (Lipinski definition) is 5. The Kier molecular flexibility index (Phi) is 7.62. The van der Waals surface area contributed by atoms with Crippen molar-refractivity contribution in [2.24, 2.45) is 11.7 Å². The van der Waals surface area contributed by atoms with Crippen molar-refractivity contribution >= 4 is 0 Å². The van der Waals surface area contributed by atoms with Crippen LogP contribution >= 0.6 is 0 Å². The molecule has 0 unspecified atom stereocenters. The van der Waals surface area contributed by atoms with Crippen molar-refractivity contribution in [2.45, 2.75) is 33.4 Å². The summed E-state index contributed by atoms with van der Waals surface area (Å²) in [5.41, 5.74) is 5.58. The summed E-state index contributed by atoms with van der Waals surface area (Å²) in [5, 5.41) is 4.29. The zero-order valence-corrected chi connectivity index (χ0v) is 12.4. The average Bonchev–Trinajstić information content (AvgIpc) is 2.79. The summed E-state index contributed by atoms with van der Waals surface area (Å²) >= 11 is 0. The van der Waals surface area contributed by atoms with Gasteiger partial charge in [0, 0.05) is 20.2 Å². The van der Waals surface area contributed by atoms with Crippen LogP contribution in [0.5, 0.6) is 0 Å². The van der Waals surface area contributed by atoms with Gasteiger partial charge < -0.3 is 10.5 Å². The number of nitrogens with zero attached hydrogens (tertiary/aromatic N) is 4. The molecule has 0 atom stereocenters. The molecule has 0 fully saturated rings. The normalized spacial score (nSPS) is 11.7. The van der Waals surface area contributed by atoms with Gasteiger partial charge in [-0.05, 0) is 25.4 Å². The highest BCUT2D eigenvalue weighted by Crippen LogP contribution is 2.05. The van der Waals surface area contributed by atoms with Gasteiger partial charge in [0.25, 0.3) is 0 Å². The fourth-order valence-corrected chi connectivity index (χ4v) is 1.91. The SMILES string of the molecule is COCCN(CCCN)Cc1ncnn1CC(C)C. The van der Waals surface area contributed by atoms with Crippen LogP contribution in [0.4, 0.5) is 0 Å². The minimum absolute atomic E-state index is 0.567. The fraction of sp³-hybridized carbons (Fsp3) is 0.846. The van der Waals surface area contributed by atoms with Gasteiger partial charge >= 0.3 is 0 Å². The van der Waals surface area contributed by atoms with Crippen molar-refractivity contribution < 1.29 is 4.74 Å². The third-order valence-corrected chi connectivity index (χ3v) is 2.89. The van der Waals surface area contributed by atoms with E-state index in [0.717, 1.165) is 45.0 Å². The Hall–Kier alpha value is -0.980. The van der Waals surface area contributed by atoms with E-state index in [4.69, 9.17) is 10.5 Å². The first kappa shape index (κ1) is 16.1. The van der Waals surface area contributed by atoms with Crippen molar-refractivity contribution in [3.8, 4) is 0 Å². The number of nitrogens with two attached hydrogens (primary N) is 1. The van der Waals surface area contributed by atoms with Gasteiger partial charge in [-0.15, -0.1) is 0 Å². The first-order valence-corrected chi connectivity index (χ1v) is 6.95. The summed E-state index contributed by atoms with van der Waals surface area (Å²) in [5.74, 6) is 1.58. The fourth-order valence-electron chi connectivity index (χ4n) is 1.91. The van der Waals surface area contributed by atoms with E-state index in [1.165, 1.54) is 0 Å². The van der Waals surface area contributed by atoms with E-state index in [0.29, 0.717) is 12.5 Å². The van der Waals surface area contributed by atoms with Crippen molar-refractivity contribution in [2.75, 3.05) is 33.4 Å². The lowest BCUT2D eigenvalue weighted by molar-refractivity contribution is 0.140. The van der Waals surface area contributed by atoms with Gasteiger partial charge in [0.2, 0.25) is 0 Å². The smallest absolute Gasteiger partial charge is 0.141 e. The molecule has 1 aromatic rings. The molecule has 6 heteroatoms. The van der Waals surface area contributed by atoms with Crippen LogP contribution in [-0.4, -0.2) is 53.0 Å². The topological polar surface area (TPSA) is 69.2 Å². The summed E-state index contributed by atoms with van der Waals surface area (Å²) in [6.45, 7) is 9.37. The Morgan fingerprint density at radius 1 is 1.42 bits per heavy atom. The van der Waals surface area contributed by atoms with Crippen molar-refractivity contribution in [3.63, 3.8) is 0 Å². The summed E-state index contributed by atoms with van der Waals surface area (Å²) in [6, 6.07) is 0. The Morgan fingerprint density at radius 2 is 2.21 bits per heavy atom. The molecule has 0 spiro atoms. The molecule has 1 rings (SSSR count). The summed E-state index contributed by atoms with van der Waals surface area (Å²) in [7, 11) is 1.72. The second-order valence-corrected chi connectivity index (χ2v) is 5.16. The van der Waals surface area contributed by atoms with Gasteiger partial charge in [-0.25, -0.2) is 9.67 Å². The Bertz CT molecular complexity index is 332. The van der Waals surface area contributed by atoms with Gasteiger partial charge in [-0.1, -0.05) is 13.8 Å². The highest BCUT2D eigenvalue weighted by atomic mass is 16.5. The minimum atomic E-state index is 0.567. The monoisotopic (exact) mass is 269 g/mol. The predicted octanol–water partition coefficient (Wildman–Crippen LogP) is 0.731. The maximum atomic E-state index is 5.58. The molecule has 0 aromatic carbocycles. The van der Waals surface area contributed by atoms with Gasteiger partial charge in [0.05, 0.1) is 13.2 Å². The molecule has 110 valence electrons. The van der Waals surface area contributed by atoms with Crippen LogP contribution in [0.2, 0.25) is 0 Å². The van der Waals surface area contributed by atoms with E-state index in [2.05, 4.69) is 28.8 Å². The van der Waals surface area contributed by atoms with Crippen molar-refractivity contribution in [1.29, 1.82) is 0 Å². The first-order chi connectivity index (χ1) is 9.17. The number of aromatic nitrogens is 3. The molecular weight excluding hydrogens is 242 g/mol. The van der Waals surface area contributed by atoms with E-state index in [9.17, 15) is 0 Å². The average molecular weight is 269 g/mol. The Morgan fingerprint density at radius 3 is 2.84 bits per heavy atom. The lowest BCUT2D eigenvalue weighted by Crippen LogP contribution is -2.31. The van der Waals surface area contributed by atoms with Gasteiger partial charge in [0.1, 0.15) is 12.2 Å². The van der Waals surface area contributed by atoms with E-state index in [1.807, 2.05) is 4.68 Å². The number of hydrogen-bond donors (Lipinski definition) is 1. The van der Waals surface area contributed by atoms with Crippen molar-refractivity contribution in [1.82, 2.24) is 19.7 Å². The molecule has 0 saturated carbocycles. The summed E-state index contributed by atoms with van der Waals surface area (Å²) < 4.78 is 7.14. The molecule has 0 aliphatic rings. The predicted molar refractivity (Wildman–Crippen MR) is 75.7 cm³/mol. The van der Waals surface area contributed by atoms with Crippen LogP contribution in [-0.2, 0) is 17.8 Å². The van der Waals surface area contributed by atoms with Crippen LogP contribution in [0.15, 0.2) is 6.33 Å². The molecule has 0 aliphatic heterocycles. The molecule has 1 heterocycles. The van der Waals surface area contributed by atoms with Crippen LogP contribution in [0.1, 0.15) is 26.1 Å². The second kappa shape index (κ2) is 9.01. The molecule has 0 aliphatic carbocycles. The second-order valence-electron chi connectivity index (χ2n) is 5.16. The molecule has 19 heavy (non-hydrogen) atoms. The number of methoxy groups -OCH3 is 1. The lowest BCUT2D eigenvalue weighted by Gasteiger charge is -2.21. The van der Waals surface area contributed by atoms with E-state index in [1.54, 1.807) is 13.4 Å². The largest absolute Gasteiger partial charge is 0.383 e. The van der Waals surface area contributed by atoms with Crippen LogP contribution in [0, 0.1) is 5.92 Å². The Labute approximate surface area is 115 Å². The van der Waals surface area contributed by atoms with Gasteiger partial charge in [-0.3, -0.25) is 4.90 Å². The first-order valence-electron chi connectivity index (χ1n) is 6.95. The zero-order chi connectivity index (χ0) is 14.1. The minimum Gasteiger partial charge on any atom is -0.383 e. The third-order valence-electron chi connectivity index (χ3n) is 2.89. The van der Waals surface area contributed by atoms with Crippen LogP contribution in [0.25, 0.3) is 0 Å².